The molecule has 0 unspecified atom stereocenters. The Hall–Kier alpha value is -2.51. The van der Waals surface area contributed by atoms with E-state index < -0.39 is 0 Å². The number of ketones is 2. The largest absolute Gasteiger partial charge is 0.361 e. The van der Waals surface area contributed by atoms with Crippen molar-refractivity contribution in [1.29, 1.82) is 0 Å². The Labute approximate surface area is 246 Å². The summed E-state index contributed by atoms with van der Waals surface area (Å²) < 4.78 is 0. The van der Waals surface area contributed by atoms with Crippen LogP contribution in [0.15, 0.2) is 117 Å². The van der Waals surface area contributed by atoms with E-state index in [1.165, 1.54) is 23.3 Å². The summed E-state index contributed by atoms with van der Waals surface area (Å²) in [6.07, 6.45) is 9.24. The summed E-state index contributed by atoms with van der Waals surface area (Å²) in [6.45, 7) is 4.03. The smallest absolute Gasteiger partial charge is 0.205 e. The van der Waals surface area contributed by atoms with Gasteiger partial charge in [-0.1, -0.05) is 81.8 Å². The first kappa shape index (κ1) is 30.7. The van der Waals surface area contributed by atoms with Gasteiger partial charge < -0.3 is 10.6 Å². The van der Waals surface area contributed by atoms with Crippen LogP contribution in [0.4, 0.5) is 11.4 Å². The maximum absolute atomic E-state index is 11.7. The van der Waals surface area contributed by atoms with Crippen LogP contribution in [0.5, 0.6) is 0 Å². The monoisotopic (exact) mass is 617 g/mol. The number of nitrogens with one attached hydrogen (secondary N) is 2. The number of allylic oxidation sites excluding steroid dienone is 10. The van der Waals surface area contributed by atoms with Crippen molar-refractivity contribution < 1.29 is 26.4 Å². The number of hydrogen-bond acceptors (Lipinski definition) is 4. The molecule has 9 heteroatoms. The molecule has 0 aliphatic heterocycles. The van der Waals surface area contributed by atoms with Crippen LogP contribution in [-0.2, 0) is 26.4 Å². The molecule has 0 aromatic heterocycles. The number of halogens is 4. The Balaban J connectivity index is 0.000000253. The number of hydrogen-bond donors (Lipinski definition) is 2. The van der Waals surface area contributed by atoms with Crippen LogP contribution in [0.3, 0.4) is 0 Å². The molecule has 0 amide bonds. The van der Waals surface area contributed by atoms with Gasteiger partial charge in [-0.15, -0.1) is 0 Å². The van der Waals surface area contributed by atoms with Gasteiger partial charge in [0, 0.05) is 61.8 Å². The molecule has 0 saturated carbocycles. The second kappa shape index (κ2) is 14.4. The van der Waals surface area contributed by atoms with Crippen molar-refractivity contribution >= 4 is 69.3 Å². The molecule has 0 saturated heterocycles. The van der Waals surface area contributed by atoms with Crippen molar-refractivity contribution in [3.63, 3.8) is 0 Å². The van der Waals surface area contributed by atoms with Crippen LogP contribution in [0.2, 0.25) is 0 Å². The number of aryl methyl sites for hydroxylation is 2. The van der Waals surface area contributed by atoms with Gasteiger partial charge in [0.15, 0.2) is 0 Å². The van der Waals surface area contributed by atoms with E-state index in [-0.39, 0.29) is 38.4 Å². The maximum atomic E-state index is 11.7. The summed E-state index contributed by atoms with van der Waals surface area (Å²) in [5, 5.41) is 7.21. The Morgan fingerprint density at radius 2 is 0.892 bits per heavy atom. The molecule has 1 radical (unpaired) electrons. The molecule has 2 aromatic carbocycles. The minimum absolute atomic E-state index is 0. The first-order valence-electron chi connectivity index (χ1n) is 10.8. The molecule has 2 aliphatic rings. The second-order valence-corrected chi connectivity index (χ2v) is 9.61. The third-order valence-electron chi connectivity index (χ3n) is 4.97. The van der Waals surface area contributed by atoms with Gasteiger partial charge in [-0.2, -0.15) is 0 Å². The van der Waals surface area contributed by atoms with E-state index >= 15 is 0 Å². The van der Waals surface area contributed by atoms with E-state index in [9.17, 15) is 9.59 Å². The zero-order valence-corrected chi connectivity index (χ0v) is 23.8. The summed E-state index contributed by atoms with van der Waals surface area (Å²) in [5.74, 6) is -0.471. The maximum Gasteiger partial charge on any atom is 0.205 e. The first-order valence-corrected chi connectivity index (χ1v) is 12.3. The standard InChI is InChI=1S/2C14H11Cl2NO.Co/c2*1-9-2-4-12(5-3-9)17-8-10-6-11(15)7-13(16)14(10)18;/h2*2-8,17H,1H3;/b2*10-8-;. The van der Waals surface area contributed by atoms with Gasteiger partial charge in [-0.25, -0.2) is 0 Å². The third kappa shape index (κ3) is 9.38. The zero-order valence-electron chi connectivity index (χ0n) is 19.7. The molecule has 0 atom stereocenters. The normalized spacial score (nSPS) is 17.0. The van der Waals surface area contributed by atoms with E-state index in [2.05, 4.69) is 10.6 Å². The number of anilines is 2. The van der Waals surface area contributed by atoms with Crippen LogP contribution in [-0.4, -0.2) is 11.6 Å². The van der Waals surface area contributed by atoms with Crippen molar-refractivity contribution in [3.8, 4) is 0 Å². The minimum atomic E-state index is -0.235. The fourth-order valence-electron chi connectivity index (χ4n) is 3.00. The molecule has 37 heavy (non-hydrogen) atoms. The van der Waals surface area contributed by atoms with Crippen molar-refractivity contribution in [3.05, 3.63) is 128 Å². The molecule has 193 valence electrons. The number of Topliss-reactive ketones (excluding diaryl/α,β-unsaturated/α-hetero) is 2. The summed E-state index contributed by atoms with van der Waals surface area (Å²) in [7, 11) is 0. The fraction of sp³-hybridized carbons (Fsp3) is 0.0714. The Morgan fingerprint density at radius 3 is 1.22 bits per heavy atom. The van der Waals surface area contributed by atoms with Crippen LogP contribution in [0.25, 0.3) is 0 Å². The van der Waals surface area contributed by atoms with Gasteiger partial charge in [0.2, 0.25) is 11.6 Å². The van der Waals surface area contributed by atoms with Gasteiger partial charge in [0.05, 0.1) is 10.1 Å². The molecule has 2 aliphatic carbocycles. The van der Waals surface area contributed by atoms with E-state index in [1.807, 2.05) is 62.4 Å². The van der Waals surface area contributed by atoms with Gasteiger partial charge in [0.25, 0.3) is 0 Å². The predicted octanol–water partition coefficient (Wildman–Crippen LogP) is 8.24. The molecule has 0 bridgehead atoms. The van der Waals surface area contributed by atoms with Crippen molar-refractivity contribution in [2.24, 2.45) is 0 Å². The fourth-order valence-corrected chi connectivity index (χ4v) is 4.02. The summed E-state index contributed by atoms with van der Waals surface area (Å²) in [4.78, 5) is 23.5. The Kier molecular flexibility index (Phi) is 12.0. The molecule has 4 nitrogen and oxygen atoms in total. The summed E-state index contributed by atoms with van der Waals surface area (Å²) >= 11 is 23.3. The van der Waals surface area contributed by atoms with Crippen LogP contribution in [0, 0.1) is 13.8 Å². The van der Waals surface area contributed by atoms with E-state index in [1.54, 1.807) is 24.6 Å². The van der Waals surface area contributed by atoms with Crippen LogP contribution < -0.4 is 10.6 Å². The molecule has 0 heterocycles. The third-order valence-corrected chi connectivity index (χ3v) is 5.96. The Morgan fingerprint density at radius 1 is 0.568 bits per heavy atom. The van der Waals surface area contributed by atoms with E-state index in [0.29, 0.717) is 21.2 Å². The molecular formula is C28H22Cl4CoN2O2. The number of carbonyl (C=O) groups excluding carboxylic acids is 2. The molecule has 0 spiro atoms. The van der Waals surface area contributed by atoms with E-state index in [4.69, 9.17) is 46.4 Å². The number of benzene rings is 2. The number of rotatable bonds is 4. The summed E-state index contributed by atoms with van der Waals surface area (Å²) in [6, 6.07) is 15.7. The van der Waals surface area contributed by atoms with Gasteiger partial charge in [-0.05, 0) is 62.4 Å². The van der Waals surface area contributed by atoms with Gasteiger partial charge in [-0.3, -0.25) is 9.59 Å². The minimum Gasteiger partial charge on any atom is -0.361 e. The van der Waals surface area contributed by atoms with Crippen molar-refractivity contribution in [2.45, 2.75) is 13.8 Å². The van der Waals surface area contributed by atoms with Crippen molar-refractivity contribution in [1.82, 2.24) is 0 Å². The van der Waals surface area contributed by atoms with Crippen LogP contribution in [0.1, 0.15) is 11.1 Å². The molecule has 2 aromatic rings. The SMILES string of the molecule is Cc1ccc(N/C=C2/C=C(Cl)C=C(Cl)C2=O)cc1.Cc1ccc(N/C=C2/C=C(Cl)C=C(Cl)C2=O)cc1.[Co]. The predicted molar refractivity (Wildman–Crippen MR) is 152 cm³/mol. The molecule has 2 N–H and O–H groups in total. The van der Waals surface area contributed by atoms with E-state index in [0.717, 1.165) is 11.4 Å². The summed E-state index contributed by atoms with van der Waals surface area (Å²) in [5.41, 5.74) is 5.03. The molecule has 0 fully saturated rings. The quantitative estimate of drug-likeness (QED) is 0.339. The van der Waals surface area contributed by atoms with Crippen LogP contribution >= 0.6 is 46.4 Å². The van der Waals surface area contributed by atoms with Gasteiger partial charge in [0.1, 0.15) is 0 Å². The molecular weight excluding hydrogens is 597 g/mol. The second-order valence-electron chi connectivity index (χ2n) is 7.92. The van der Waals surface area contributed by atoms with Gasteiger partial charge >= 0.3 is 0 Å². The van der Waals surface area contributed by atoms with Crippen molar-refractivity contribution in [2.75, 3.05) is 10.6 Å². The molecule has 4 rings (SSSR count). The first-order chi connectivity index (χ1) is 17.1. The zero-order chi connectivity index (χ0) is 26.2. The Bertz CT molecular complexity index is 1250. The average Bonchev–Trinajstić information content (AvgIpc) is 2.84. The topological polar surface area (TPSA) is 58.2 Å². The average molecular weight is 619 g/mol. The number of carbonyl (C=O) groups is 2.